The lowest BCUT2D eigenvalue weighted by Gasteiger charge is -2.18. The number of allylic oxidation sites excluding steroid dienone is 8. The van der Waals surface area contributed by atoms with Crippen LogP contribution < -0.4 is 0 Å². The van der Waals surface area contributed by atoms with E-state index in [4.69, 9.17) is 19.3 Å². The molecule has 0 aliphatic heterocycles. The zero-order valence-corrected chi connectivity index (χ0v) is 36.2. The van der Waals surface area contributed by atoms with Gasteiger partial charge in [-0.05, 0) is 57.8 Å². The van der Waals surface area contributed by atoms with E-state index in [1.807, 2.05) is 0 Å². The van der Waals surface area contributed by atoms with Crippen LogP contribution >= 0.6 is 7.82 Å². The van der Waals surface area contributed by atoms with Gasteiger partial charge in [-0.25, -0.2) is 4.57 Å². The summed E-state index contributed by atoms with van der Waals surface area (Å²) in [6, 6.07) is 0. The Labute approximate surface area is 337 Å². The van der Waals surface area contributed by atoms with Crippen LogP contribution in [0, 0.1) is 0 Å². The molecule has 0 aliphatic carbocycles. The lowest BCUT2D eigenvalue weighted by atomic mass is 10.0. The number of carbonyl (C=O) groups is 2. The first-order valence-corrected chi connectivity index (χ1v) is 24.0. The number of hydrogen-bond donors (Lipinski definition) is 2. The minimum Gasteiger partial charge on any atom is -0.462 e. The van der Waals surface area contributed by atoms with Gasteiger partial charge in [-0.15, -0.1) is 0 Å². The van der Waals surface area contributed by atoms with Gasteiger partial charge in [0, 0.05) is 12.8 Å². The van der Waals surface area contributed by atoms with E-state index in [0.29, 0.717) is 12.8 Å². The zero-order chi connectivity index (χ0) is 40.3. The lowest BCUT2D eigenvalue weighted by Crippen LogP contribution is -2.29. The predicted octanol–water partition coefficient (Wildman–Crippen LogP) is 13.9. The van der Waals surface area contributed by atoms with Crippen LogP contribution in [0.4, 0.5) is 0 Å². The van der Waals surface area contributed by atoms with Gasteiger partial charge in [-0.1, -0.05) is 191 Å². The summed E-state index contributed by atoms with van der Waals surface area (Å²) in [5, 5.41) is 0. The maximum Gasteiger partial charge on any atom is 0.469 e. The Morgan fingerprint density at radius 3 is 1.25 bits per heavy atom. The maximum absolute atomic E-state index is 12.4. The van der Waals surface area contributed by atoms with Crippen LogP contribution in [0.2, 0.25) is 0 Å². The van der Waals surface area contributed by atoms with Crippen molar-refractivity contribution in [3.05, 3.63) is 48.6 Å². The highest BCUT2D eigenvalue weighted by atomic mass is 31.2. The fourth-order valence-corrected chi connectivity index (χ4v) is 6.60. The van der Waals surface area contributed by atoms with Crippen LogP contribution in [0.5, 0.6) is 0 Å². The molecule has 2 N–H and O–H groups in total. The summed E-state index contributed by atoms with van der Waals surface area (Å²) in [5.74, 6) is -0.915. The van der Waals surface area contributed by atoms with Crippen molar-refractivity contribution in [2.75, 3.05) is 13.2 Å². The second-order valence-corrected chi connectivity index (χ2v) is 16.3. The SMILES string of the molecule is CCCCC/C=C\C/C=C\C/C=C\C/C=C\CCCCCC(=O)OC[C@H](COP(=O)(O)O)OC(=O)CCCCCCCCCCCCCCCCCCCC. The molecule has 0 radical (unpaired) electrons. The van der Waals surface area contributed by atoms with Crippen molar-refractivity contribution in [1.29, 1.82) is 0 Å². The van der Waals surface area contributed by atoms with E-state index in [2.05, 4.69) is 67.0 Å². The molecule has 0 fully saturated rings. The smallest absolute Gasteiger partial charge is 0.462 e. The van der Waals surface area contributed by atoms with Crippen LogP contribution in [0.3, 0.4) is 0 Å². The van der Waals surface area contributed by atoms with Gasteiger partial charge in [0.05, 0.1) is 6.61 Å². The largest absolute Gasteiger partial charge is 0.469 e. The molecule has 0 spiro atoms. The third kappa shape index (κ3) is 44.6. The summed E-state index contributed by atoms with van der Waals surface area (Å²) >= 11 is 0. The average Bonchev–Trinajstić information content (AvgIpc) is 3.16. The quantitative estimate of drug-likeness (QED) is 0.0272. The maximum atomic E-state index is 12.4. The van der Waals surface area contributed by atoms with Gasteiger partial charge >= 0.3 is 19.8 Å². The molecule has 0 aromatic carbocycles. The third-order valence-electron chi connectivity index (χ3n) is 9.60. The minimum absolute atomic E-state index is 0.207. The number of unbranched alkanes of at least 4 members (excludes halogenated alkanes) is 23. The fourth-order valence-electron chi connectivity index (χ4n) is 6.24. The highest BCUT2D eigenvalue weighted by Gasteiger charge is 2.22. The lowest BCUT2D eigenvalue weighted by molar-refractivity contribution is -0.161. The first kappa shape index (κ1) is 53.0. The molecule has 0 bridgehead atoms. The molecule has 0 amide bonds. The van der Waals surface area contributed by atoms with Crippen molar-refractivity contribution < 1.29 is 37.9 Å². The van der Waals surface area contributed by atoms with Crippen molar-refractivity contribution >= 4 is 19.8 Å². The van der Waals surface area contributed by atoms with Crippen molar-refractivity contribution in [3.63, 3.8) is 0 Å². The van der Waals surface area contributed by atoms with Crippen LogP contribution in [0.1, 0.15) is 213 Å². The number of ether oxygens (including phenoxy) is 2. The van der Waals surface area contributed by atoms with Gasteiger partial charge in [-0.3, -0.25) is 14.1 Å². The van der Waals surface area contributed by atoms with E-state index in [1.165, 1.54) is 116 Å². The van der Waals surface area contributed by atoms with Crippen LogP contribution in [-0.2, 0) is 28.2 Å². The summed E-state index contributed by atoms with van der Waals surface area (Å²) in [6.07, 6.45) is 51.2. The molecule has 0 heterocycles. The topological polar surface area (TPSA) is 119 Å². The van der Waals surface area contributed by atoms with E-state index in [-0.39, 0.29) is 19.4 Å². The molecule has 0 unspecified atom stereocenters. The molecule has 9 heteroatoms. The van der Waals surface area contributed by atoms with E-state index < -0.39 is 32.5 Å². The molecular formula is C46H83O8P. The minimum atomic E-state index is -4.76. The van der Waals surface area contributed by atoms with Crippen LogP contribution in [0.15, 0.2) is 48.6 Å². The molecule has 0 aromatic heterocycles. The average molecular weight is 795 g/mol. The summed E-state index contributed by atoms with van der Waals surface area (Å²) < 4.78 is 26.4. The van der Waals surface area contributed by atoms with Gasteiger partial charge in [0.2, 0.25) is 0 Å². The standard InChI is InChI=1S/C46H83O8P/c1-3-5-7-9-11-13-15-17-19-21-23-25-26-28-30-32-34-36-38-40-45(47)52-42-44(43-53-55(49,50)51)54-46(48)41-39-37-35-33-31-29-27-24-22-20-18-16-14-12-10-8-6-4-2/h11,13,17,19,23,25,28,30,44H,3-10,12,14-16,18,20-22,24,26-27,29,31-43H2,1-2H3,(H2,49,50,51)/b13-11-,19-17-,25-23-,30-28-/t44-/m1/s1. The molecule has 0 aliphatic rings. The van der Waals surface area contributed by atoms with Gasteiger partial charge < -0.3 is 19.3 Å². The fraction of sp³-hybridized carbons (Fsp3) is 0.783. The first-order chi connectivity index (χ1) is 26.8. The second kappa shape index (κ2) is 41.6. The number of phosphoric acid groups is 1. The zero-order valence-electron chi connectivity index (χ0n) is 35.3. The van der Waals surface area contributed by atoms with E-state index >= 15 is 0 Å². The van der Waals surface area contributed by atoms with Crippen molar-refractivity contribution in [2.24, 2.45) is 0 Å². The van der Waals surface area contributed by atoms with Gasteiger partial charge in [0.15, 0.2) is 6.10 Å². The summed E-state index contributed by atoms with van der Waals surface area (Å²) in [5.41, 5.74) is 0. The summed E-state index contributed by atoms with van der Waals surface area (Å²) in [6.45, 7) is 3.65. The number of carbonyl (C=O) groups excluding carboxylic acids is 2. The molecule has 1 atom stereocenters. The predicted molar refractivity (Wildman–Crippen MR) is 230 cm³/mol. The third-order valence-corrected chi connectivity index (χ3v) is 10.1. The van der Waals surface area contributed by atoms with E-state index in [1.54, 1.807) is 0 Å². The van der Waals surface area contributed by atoms with Crippen LogP contribution in [0.25, 0.3) is 0 Å². The van der Waals surface area contributed by atoms with Crippen LogP contribution in [-0.4, -0.2) is 41.0 Å². The monoisotopic (exact) mass is 795 g/mol. The Kier molecular flexibility index (Phi) is 40.1. The number of esters is 2. The summed E-state index contributed by atoms with van der Waals surface area (Å²) in [7, 11) is -4.76. The molecule has 8 nitrogen and oxygen atoms in total. The van der Waals surface area contributed by atoms with E-state index in [0.717, 1.165) is 57.8 Å². The Hall–Kier alpha value is -1.99. The van der Waals surface area contributed by atoms with Gasteiger partial charge in [-0.2, -0.15) is 0 Å². The van der Waals surface area contributed by atoms with Crippen molar-refractivity contribution in [3.8, 4) is 0 Å². The number of hydrogen-bond acceptors (Lipinski definition) is 6. The molecular weight excluding hydrogens is 711 g/mol. The molecule has 0 saturated heterocycles. The Balaban J connectivity index is 3.94. The molecule has 0 rings (SSSR count). The molecule has 320 valence electrons. The second-order valence-electron chi connectivity index (χ2n) is 15.0. The highest BCUT2D eigenvalue weighted by Crippen LogP contribution is 2.36. The van der Waals surface area contributed by atoms with Crippen molar-refractivity contribution in [2.45, 2.75) is 219 Å². The molecule has 0 aromatic rings. The molecule has 55 heavy (non-hydrogen) atoms. The normalized spacial score (nSPS) is 12.9. The molecule has 0 saturated carbocycles. The van der Waals surface area contributed by atoms with Crippen molar-refractivity contribution in [1.82, 2.24) is 0 Å². The van der Waals surface area contributed by atoms with Gasteiger partial charge in [0.1, 0.15) is 6.61 Å². The Bertz CT molecular complexity index is 1030. The van der Waals surface area contributed by atoms with Gasteiger partial charge in [0.25, 0.3) is 0 Å². The Morgan fingerprint density at radius 2 is 0.818 bits per heavy atom. The summed E-state index contributed by atoms with van der Waals surface area (Å²) in [4.78, 5) is 42.9. The Morgan fingerprint density at radius 1 is 0.473 bits per heavy atom. The highest BCUT2D eigenvalue weighted by molar-refractivity contribution is 7.46. The number of phosphoric ester groups is 1. The van der Waals surface area contributed by atoms with E-state index in [9.17, 15) is 14.2 Å². The first-order valence-electron chi connectivity index (χ1n) is 22.4. The number of rotatable bonds is 41.